The van der Waals surface area contributed by atoms with Gasteiger partial charge < -0.3 is 15.3 Å². The van der Waals surface area contributed by atoms with Crippen molar-refractivity contribution in [2.75, 3.05) is 25.0 Å². The summed E-state index contributed by atoms with van der Waals surface area (Å²) < 4.78 is 0. The van der Waals surface area contributed by atoms with E-state index in [-0.39, 0.29) is 25.0 Å². The van der Waals surface area contributed by atoms with Gasteiger partial charge in [-0.15, -0.1) is 17.9 Å². The normalized spacial score (nSPS) is 10.1. The number of carbonyl (C=O) groups excluding carboxylic acids is 2. The van der Waals surface area contributed by atoms with E-state index in [1.807, 2.05) is 11.4 Å². The molecule has 23 heavy (non-hydrogen) atoms. The number of nitrogens with one attached hydrogen (secondary N) is 1. The average Bonchev–Trinajstić information content (AvgIpc) is 3.09. The van der Waals surface area contributed by atoms with Crippen molar-refractivity contribution >= 4 is 28.8 Å². The summed E-state index contributed by atoms with van der Waals surface area (Å²) in [7, 11) is 0. The maximum Gasteiger partial charge on any atom is 0.265 e. The molecule has 0 unspecified atom stereocenters. The van der Waals surface area contributed by atoms with Gasteiger partial charge in [0.2, 0.25) is 0 Å². The molecule has 0 saturated heterocycles. The molecule has 1 heterocycles. The van der Waals surface area contributed by atoms with Crippen molar-refractivity contribution in [2.45, 2.75) is 0 Å². The lowest BCUT2D eigenvalue weighted by atomic mass is 10.1. The van der Waals surface area contributed by atoms with Gasteiger partial charge in [-0.3, -0.25) is 9.59 Å². The Morgan fingerprint density at radius 2 is 2.13 bits per heavy atom. The number of amides is 2. The summed E-state index contributed by atoms with van der Waals surface area (Å²) in [5, 5.41) is 13.7. The maximum atomic E-state index is 12.4. The fourth-order valence-corrected chi connectivity index (χ4v) is 2.68. The number of benzene rings is 1. The van der Waals surface area contributed by atoms with Gasteiger partial charge in [-0.25, -0.2) is 0 Å². The van der Waals surface area contributed by atoms with Crippen molar-refractivity contribution < 1.29 is 14.7 Å². The second-order valence-corrected chi connectivity index (χ2v) is 5.72. The number of aliphatic hydroxyl groups is 1. The first-order valence-electron chi connectivity index (χ1n) is 7.11. The van der Waals surface area contributed by atoms with Crippen LogP contribution in [0.2, 0.25) is 0 Å². The standard InChI is InChI=1S/C17H18N2O3S/c1-2-8-19(9-10-20)17(22)13-5-3-6-14(12-13)18-16(21)15-7-4-11-23-15/h2-7,11-12,20H,1,8-10H2,(H,18,21). The Labute approximate surface area is 138 Å². The molecule has 0 atom stereocenters. The Hall–Kier alpha value is -2.44. The number of hydrogen-bond donors (Lipinski definition) is 2. The smallest absolute Gasteiger partial charge is 0.265 e. The Balaban J connectivity index is 2.13. The first-order valence-corrected chi connectivity index (χ1v) is 7.99. The predicted molar refractivity (Wildman–Crippen MR) is 91.9 cm³/mol. The first-order chi connectivity index (χ1) is 11.2. The van der Waals surface area contributed by atoms with Gasteiger partial charge in [-0.05, 0) is 29.6 Å². The zero-order chi connectivity index (χ0) is 16.7. The van der Waals surface area contributed by atoms with Crippen LogP contribution in [0.15, 0.2) is 54.4 Å². The first kappa shape index (κ1) is 16.9. The van der Waals surface area contributed by atoms with Gasteiger partial charge >= 0.3 is 0 Å². The SMILES string of the molecule is C=CCN(CCO)C(=O)c1cccc(NC(=O)c2cccs2)c1. The minimum atomic E-state index is -0.217. The van der Waals surface area contributed by atoms with Crippen LogP contribution >= 0.6 is 11.3 Å². The molecule has 5 nitrogen and oxygen atoms in total. The van der Waals surface area contributed by atoms with E-state index in [2.05, 4.69) is 11.9 Å². The molecule has 1 aromatic carbocycles. The molecule has 0 aliphatic heterocycles. The van der Waals surface area contributed by atoms with E-state index < -0.39 is 0 Å². The Kier molecular flexibility index (Phi) is 6.08. The lowest BCUT2D eigenvalue weighted by Crippen LogP contribution is -2.33. The number of thiophene rings is 1. The van der Waals surface area contributed by atoms with E-state index in [0.29, 0.717) is 22.7 Å². The second kappa shape index (κ2) is 8.26. The monoisotopic (exact) mass is 330 g/mol. The Morgan fingerprint density at radius 3 is 2.78 bits per heavy atom. The lowest BCUT2D eigenvalue weighted by Gasteiger charge is -2.20. The van der Waals surface area contributed by atoms with E-state index in [1.54, 1.807) is 36.4 Å². The molecular weight excluding hydrogens is 312 g/mol. The minimum Gasteiger partial charge on any atom is -0.395 e. The van der Waals surface area contributed by atoms with Crippen LogP contribution in [-0.4, -0.2) is 41.5 Å². The maximum absolute atomic E-state index is 12.4. The largest absolute Gasteiger partial charge is 0.395 e. The third kappa shape index (κ3) is 4.51. The van der Waals surface area contributed by atoms with Crippen LogP contribution in [0.3, 0.4) is 0 Å². The summed E-state index contributed by atoms with van der Waals surface area (Å²) in [6.45, 7) is 4.08. The molecule has 0 aliphatic carbocycles. The van der Waals surface area contributed by atoms with Gasteiger partial charge in [-0.1, -0.05) is 18.2 Å². The number of nitrogens with zero attached hydrogens (tertiary/aromatic N) is 1. The van der Waals surface area contributed by atoms with Crippen molar-refractivity contribution in [3.8, 4) is 0 Å². The highest BCUT2D eigenvalue weighted by molar-refractivity contribution is 7.12. The number of anilines is 1. The highest BCUT2D eigenvalue weighted by Crippen LogP contribution is 2.16. The highest BCUT2D eigenvalue weighted by atomic mass is 32.1. The van der Waals surface area contributed by atoms with Crippen LogP contribution in [0.25, 0.3) is 0 Å². The number of carbonyl (C=O) groups is 2. The van der Waals surface area contributed by atoms with Crippen molar-refractivity contribution in [1.82, 2.24) is 4.90 Å². The van der Waals surface area contributed by atoms with Crippen LogP contribution in [-0.2, 0) is 0 Å². The van der Waals surface area contributed by atoms with Crippen molar-refractivity contribution in [3.05, 3.63) is 64.9 Å². The zero-order valence-corrected chi connectivity index (χ0v) is 13.4. The average molecular weight is 330 g/mol. The molecule has 0 saturated carbocycles. The molecule has 0 aliphatic rings. The Morgan fingerprint density at radius 1 is 1.30 bits per heavy atom. The topological polar surface area (TPSA) is 69.6 Å². The zero-order valence-electron chi connectivity index (χ0n) is 12.6. The molecule has 2 N–H and O–H groups in total. The van der Waals surface area contributed by atoms with Crippen LogP contribution in [0.5, 0.6) is 0 Å². The number of rotatable bonds is 7. The predicted octanol–water partition coefficient (Wildman–Crippen LogP) is 2.62. The van der Waals surface area contributed by atoms with Crippen LogP contribution in [0.1, 0.15) is 20.0 Å². The van der Waals surface area contributed by atoms with E-state index in [0.717, 1.165) is 0 Å². The fourth-order valence-electron chi connectivity index (χ4n) is 2.07. The van der Waals surface area contributed by atoms with Crippen molar-refractivity contribution in [3.63, 3.8) is 0 Å². The summed E-state index contributed by atoms with van der Waals surface area (Å²) in [6, 6.07) is 10.3. The summed E-state index contributed by atoms with van der Waals surface area (Å²) in [5.41, 5.74) is 1.00. The summed E-state index contributed by atoms with van der Waals surface area (Å²) in [4.78, 5) is 26.6. The van der Waals surface area contributed by atoms with E-state index in [4.69, 9.17) is 5.11 Å². The van der Waals surface area contributed by atoms with E-state index >= 15 is 0 Å². The van der Waals surface area contributed by atoms with Crippen LogP contribution < -0.4 is 5.32 Å². The number of aliphatic hydroxyl groups excluding tert-OH is 1. The van der Waals surface area contributed by atoms with Gasteiger partial charge in [0.15, 0.2) is 0 Å². The molecule has 0 bridgehead atoms. The number of hydrogen-bond acceptors (Lipinski definition) is 4. The molecule has 1 aromatic heterocycles. The molecule has 2 aromatic rings. The van der Waals surface area contributed by atoms with Gasteiger partial charge in [-0.2, -0.15) is 0 Å². The Bertz CT molecular complexity index is 683. The molecule has 0 radical (unpaired) electrons. The molecule has 6 heteroatoms. The summed E-state index contributed by atoms with van der Waals surface area (Å²) in [6.07, 6.45) is 1.61. The molecule has 2 rings (SSSR count). The quantitative estimate of drug-likeness (QED) is 0.767. The molecule has 120 valence electrons. The summed E-state index contributed by atoms with van der Waals surface area (Å²) in [5.74, 6) is -0.422. The van der Waals surface area contributed by atoms with E-state index in [9.17, 15) is 9.59 Å². The van der Waals surface area contributed by atoms with Crippen LogP contribution in [0.4, 0.5) is 5.69 Å². The minimum absolute atomic E-state index is 0.117. The highest BCUT2D eigenvalue weighted by Gasteiger charge is 2.15. The van der Waals surface area contributed by atoms with Crippen LogP contribution in [0, 0.1) is 0 Å². The van der Waals surface area contributed by atoms with Crippen molar-refractivity contribution in [2.24, 2.45) is 0 Å². The molecular formula is C17H18N2O3S. The van der Waals surface area contributed by atoms with Gasteiger partial charge in [0.25, 0.3) is 11.8 Å². The van der Waals surface area contributed by atoms with Gasteiger partial charge in [0.1, 0.15) is 0 Å². The fraction of sp³-hybridized carbons (Fsp3) is 0.176. The van der Waals surface area contributed by atoms with Crippen molar-refractivity contribution in [1.29, 1.82) is 0 Å². The molecule has 2 amide bonds. The molecule has 0 spiro atoms. The van der Waals surface area contributed by atoms with Gasteiger partial charge in [0, 0.05) is 24.3 Å². The summed E-state index contributed by atoms with van der Waals surface area (Å²) >= 11 is 1.35. The molecule has 0 fully saturated rings. The lowest BCUT2D eigenvalue weighted by molar-refractivity contribution is 0.0742. The second-order valence-electron chi connectivity index (χ2n) is 4.78. The third-order valence-electron chi connectivity index (χ3n) is 3.12. The van der Waals surface area contributed by atoms with E-state index in [1.165, 1.54) is 16.2 Å². The third-order valence-corrected chi connectivity index (χ3v) is 3.99. The van der Waals surface area contributed by atoms with Gasteiger partial charge in [0.05, 0.1) is 11.5 Å².